The SMILES string of the molecule is COc1cc(C)cc(C(O)C2C(C)CCC3C(C)(C)CCCC23C)c1. The van der Waals surface area contributed by atoms with Crippen molar-refractivity contribution in [2.75, 3.05) is 7.11 Å². The average molecular weight is 345 g/mol. The molecule has 2 nitrogen and oxygen atoms in total. The Morgan fingerprint density at radius 3 is 2.52 bits per heavy atom. The molecule has 0 saturated heterocycles. The summed E-state index contributed by atoms with van der Waals surface area (Å²) in [6, 6.07) is 6.21. The molecule has 0 aromatic heterocycles. The van der Waals surface area contributed by atoms with Crippen molar-refractivity contribution in [2.24, 2.45) is 28.6 Å². The van der Waals surface area contributed by atoms with Crippen LogP contribution in [-0.4, -0.2) is 12.2 Å². The zero-order chi connectivity index (χ0) is 18.4. The molecule has 5 unspecified atom stereocenters. The lowest BCUT2D eigenvalue weighted by molar-refractivity contribution is -0.134. The second-order valence-corrected chi connectivity index (χ2v) is 9.71. The number of hydrogen-bond donors (Lipinski definition) is 1. The van der Waals surface area contributed by atoms with E-state index in [1.54, 1.807) is 7.11 Å². The maximum absolute atomic E-state index is 11.5. The van der Waals surface area contributed by atoms with Gasteiger partial charge in [-0.15, -0.1) is 0 Å². The van der Waals surface area contributed by atoms with Gasteiger partial charge in [0.05, 0.1) is 13.2 Å². The molecule has 1 aromatic carbocycles. The molecule has 2 fully saturated rings. The highest BCUT2D eigenvalue weighted by molar-refractivity contribution is 5.35. The molecule has 0 aliphatic heterocycles. The Kier molecular flexibility index (Phi) is 4.96. The Morgan fingerprint density at radius 2 is 1.84 bits per heavy atom. The fourth-order valence-corrected chi connectivity index (χ4v) is 6.49. The summed E-state index contributed by atoms with van der Waals surface area (Å²) in [5, 5.41) is 11.5. The van der Waals surface area contributed by atoms with Crippen LogP contribution in [0, 0.1) is 35.5 Å². The van der Waals surface area contributed by atoms with Crippen molar-refractivity contribution in [3.8, 4) is 5.75 Å². The number of methoxy groups -OCH3 is 1. The summed E-state index contributed by atoms with van der Waals surface area (Å²) in [4.78, 5) is 0. The fourth-order valence-electron chi connectivity index (χ4n) is 6.49. The van der Waals surface area contributed by atoms with Crippen LogP contribution in [0.15, 0.2) is 18.2 Å². The molecule has 0 amide bonds. The third-order valence-corrected chi connectivity index (χ3v) is 7.55. The topological polar surface area (TPSA) is 29.5 Å². The van der Waals surface area contributed by atoms with E-state index in [0.717, 1.165) is 16.9 Å². The van der Waals surface area contributed by atoms with Crippen LogP contribution >= 0.6 is 0 Å². The minimum Gasteiger partial charge on any atom is -0.497 e. The smallest absolute Gasteiger partial charge is 0.119 e. The quantitative estimate of drug-likeness (QED) is 0.738. The third kappa shape index (κ3) is 3.23. The molecule has 140 valence electrons. The van der Waals surface area contributed by atoms with Gasteiger partial charge in [-0.3, -0.25) is 0 Å². The molecule has 1 aromatic rings. The Labute approximate surface area is 154 Å². The number of aliphatic hydroxyl groups is 1. The molecule has 1 N–H and O–H groups in total. The van der Waals surface area contributed by atoms with E-state index < -0.39 is 6.10 Å². The van der Waals surface area contributed by atoms with Crippen molar-refractivity contribution in [2.45, 2.75) is 72.8 Å². The average Bonchev–Trinajstić information content (AvgIpc) is 2.52. The van der Waals surface area contributed by atoms with Crippen molar-refractivity contribution in [3.05, 3.63) is 29.3 Å². The Balaban J connectivity index is 2.00. The second-order valence-electron chi connectivity index (χ2n) is 9.71. The van der Waals surface area contributed by atoms with E-state index in [2.05, 4.69) is 40.7 Å². The lowest BCUT2D eigenvalue weighted by atomic mass is 9.45. The number of fused-ring (bicyclic) bond motifs is 1. The highest BCUT2D eigenvalue weighted by atomic mass is 16.5. The maximum atomic E-state index is 11.5. The van der Waals surface area contributed by atoms with Gasteiger partial charge in [0.25, 0.3) is 0 Å². The van der Waals surface area contributed by atoms with Crippen molar-refractivity contribution in [1.82, 2.24) is 0 Å². The van der Waals surface area contributed by atoms with Crippen LogP contribution in [0.25, 0.3) is 0 Å². The zero-order valence-electron chi connectivity index (χ0n) is 16.9. The van der Waals surface area contributed by atoms with E-state index in [4.69, 9.17) is 4.74 Å². The summed E-state index contributed by atoms with van der Waals surface area (Å²) >= 11 is 0. The van der Waals surface area contributed by atoms with Gasteiger partial charge in [-0.2, -0.15) is 0 Å². The first-order chi connectivity index (χ1) is 11.7. The summed E-state index contributed by atoms with van der Waals surface area (Å²) in [6.07, 6.45) is 5.98. The molecule has 3 rings (SSSR count). The van der Waals surface area contributed by atoms with Gasteiger partial charge in [-0.1, -0.05) is 46.6 Å². The summed E-state index contributed by atoms with van der Waals surface area (Å²) in [6.45, 7) is 11.8. The van der Waals surface area contributed by atoms with Crippen molar-refractivity contribution < 1.29 is 9.84 Å². The number of aliphatic hydroxyl groups excluding tert-OH is 1. The van der Waals surface area contributed by atoms with E-state index in [1.807, 2.05) is 12.1 Å². The summed E-state index contributed by atoms with van der Waals surface area (Å²) in [7, 11) is 1.70. The molecule has 0 spiro atoms. The third-order valence-electron chi connectivity index (χ3n) is 7.55. The standard InChI is InChI=1S/C23H36O2/c1-15-12-17(14-18(13-15)25-6)21(24)20-16(2)8-9-19-22(3,4)10-7-11-23(19,20)5/h12-14,16,19-21,24H,7-11H2,1-6H3. The van der Waals surface area contributed by atoms with Gasteiger partial charge in [0.1, 0.15) is 5.75 Å². The molecule has 0 radical (unpaired) electrons. The number of hydrogen-bond acceptors (Lipinski definition) is 2. The van der Waals surface area contributed by atoms with Gasteiger partial charge in [0.15, 0.2) is 0 Å². The molecule has 0 heterocycles. The van der Waals surface area contributed by atoms with Crippen LogP contribution in [0.4, 0.5) is 0 Å². The number of ether oxygens (including phenoxy) is 1. The van der Waals surface area contributed by atoms with E-state index in [1.165, 1.54) is 32.1 Å². The van der Waals surface area contributed by atoms with Gasteiger partial charge in [0, 0.05) is 0 Å². The number of rotatable bonds is 3. The van der Waals surface area contributed by atoms with Crippen LogP contribution in [0.3, 0.4) is 0 Å². The van der Waals surface area contributed by atoms with Gasteiger partial charge in [-0.05, 0) is 78.0 Å². The minimum absolute atomic E-state index is 0.218. The second kappa shape index (κ2) is 6.61. The van der Waals surface area contributed by atoms with E-state index in [9.17, 15) is 5.11 Å². The lowest BCUT2D eigenvalue weighted by Crippen LogP contribution is -2.52. The van der Waals surface area contributed by atoms with E-state index in [-0.39, 0.29) is 5.41 Å². The van der Waals surface area contributed by atoms with Gasteiger partial charge >= 0.3 is 0 Å². The molecule has 2 aliphatic carbocycles. The Bertz CT molecular complexity index is 621. The molecule has 2 aliphatic rings. The van der Waals surface area contributed by atoms with Crippen LogP contribution in [0.1, 0.15) is 77.0 Å². The first-order valence-electron chi connectivity index (χ1n) is 10.0. The Hall–Kier alpha value is -1.02. The predicted octanol–water partition coefficient (Wildman–Crippen LogP) is 5.92. The highest BCUT2D eigenvalue weighted by Gasteiger charge is 2.55. The summed E-state index contributed by atoms with van der Waals surface area (Å²) < 4.78 is 5.45. The molecular formula is C23H36O2. The Morgan fingerprint density at radius 1 is 1.12 bits per heavy atom. The minimum atomic E-state index is -0.412. The molecule has 25 heavy (non-hydrogen) atoms. The number of aryl methyl sites for hydroxylation is 1. The van der Waals surface area contributed by atoms with Crippen LogP contribution in [0.2, 0.25) is 0 Å². The normalized spacial score (nSPS) is 35.7. The van der Waals surface area contributed by atoms with Crippen LogP contribution < -0.4 is 4.74 Å². The highest BCUT2D eigenvalue weighted by Crippen LogP contribution is 2.63. The number of benzene rings is 1. The molecule has 2 saturated carbocycles. The predicted molar refractivity (Wildman–Crippen MR) is 104 cm³/mol. The molecule has 2 heteroatoms. The first kappa shape index (κ1) is 18.8. The molecule has 0 bridgehead atoms. The van der Waals surface area contributed by atoms with Crippen molar-refractivity contribution in [1.29, 1.82) is 0 Å². The summed E-state index contributed by atoms with van der Waals surface area (Å²) in [5.41, 5.74) is 2.78. The van der Waals surface area contributed by atoms with E-state index in [0.29, 0.717) is 23.2 Å². The van der Waals surface area contributed by atoms with Crippen LogP contribution in [0.5, 0.6) is 5.75 Å². The molecular weight excluding hydrogens is 308 g/mol. The fraction of sp³-hybridized carbons (Fsp3) is 0.739. The maximum Gasteiger partial charge on any atom is 0.119 e. The first-order valence-corrected chi connectivity index (χ1v) is 10.0. The van der Waals surface area contributed by atoms with E-state index >= 15 is 0 Å². The van der Waals surface area contributed by atoms with Crippen molar-refractivity contribution >= 4 is 0 Å². The van der Waals surface area contributed by atoms with Gasteiger partial charge in [-0.25, -0.2) is 0 Å². The van der Waals surface area contributed by atoms with Gasteiger partial charge < -0.3 is 9.84 Å². The van der Waals surface area contributed by atoms with Gasteiger partial charge in [0.2, 0.25) is 0 Å². The molecule has 5 atom stereocenters. The lowest BCUT2D eigenvalue weighted by Gasteiger charge is -2.60. The van der Waals surface area contributed by atoms with Crippen LogP contribution in [-0.2, 0) is 0 Å². The summed E-state index contributed by atoms with van der Waals surface area (Å²) in [5.74, 6) is 2.42. The largest absolute Gasteiger partial charge is 0.497 e. The zero-order valence-corrected chi connectivity index (χ0v) is 16.9. The van der Waals surface area contributed by atoms with Crippen molar-refractivity contribution in [3.63, 3.8) is 0 Å². The monoisotopic (exact) mass is 344 g/mol.